The first kappa shape index (κ1) is 13.6. The minimum atomic E-state index is 0.0813. The number of nitrogens with one attached hydrogen (secondary N) is 2. The molecular formula is C13H21N3O. The van der Waals surface area contributed by atoms with Gasteiger partial charge < -0.3 is 10.6 Å². The van der Waals surface area contributed by atoms with Crippen LogP contribution in [0.15, 0.2) is 24.5 Å². The van der Waals surface area contributed by atoms with E-state index < -0.39 is 0 Å². The van der Waals surface area contributed by atoms with Crippen LogP contribution in [0.2, 0.25) is 0 Å². The number of pyridine rings is 1. The zero-order valence-electron chi connectivity index (χ0n) is 10.4. The molecule has 0 radical (unpaired) electrons. The average molecular weight is 235 g/mol. The zero-order valence-corrected chi connectivity index (χ0v) is 10.4. The molecule has 2 N–H and O–H groups in total. The van der Waals surface area contributed by atoms with Gasteiger partial charge in [-0.05, 0) is 24.6 Å². The molecule has 4 nitrogen and oxygen atoms in total. The summed E-state index contributed by atoms with van der Waals surface area (Å²) in [5, 5.41) is 6.11. The summed E-state index contributed by atoms with van der Waals surface area (Å²) < 4.78 is 0. The van der Waals surface area contributed by atoms with Crippen LogP contribution in [0, 0.1) is 0 Å². The Labute approximate surface area is 103 Å². The normalized spacial score (nSPS) is 10.2. The van der Waals surface area contributed by atoms with E-state index >= 15 is 0 Å². The summed E-state index contributed by atoms with van der Waals surface area (Å²) in [6.07, 6.45) is 6.37. The highest BCUT2D eigenvalue weighted by Crippen LogP contribution is 1.94. The van der Waals surface area contributed by atoms with Crippen LogP contribution >= 0.6 is 0 Å². The fourth-order valence-electron chi connectivity index (χ4n) is 1.42. The summed E-state index contributed by atoms with van der Waals surface area (Å²) in [5.74, 6) is 0.0813. The average Bonchev–Trinajstić information content (AvgIpc) is 2.37. The van der Waals surface area contributed by atoms with Crippen molar-refractivity contribution in [3.63, 3.8) is 0 Å². The maximum Gasteiger partial charge on any atom is 0.221 e. The fraction of sp³-hybridized carbons (Fsp3) is 0.538. The van der Waals surface area contributed by atoms with Crippen LogP contribution in [0.5, 0.6) is 0 Å². The van der Waals surface area contributed by atoms with E-state index in [1.54, 1.807) is 12.4 Å². The molecule has 17 heavy (non-hydrogen) atoms. The molecule has 1 heterocycles. The van der Waals surface area contributed by atoms with Crippen LogP contribution in [0.1, 0.15) is 31.7 Å². The molecule has 1 aromatic rings. The van der Waals surface area contributed by atoms with E-state index in [0.717, 1.165) is 25.1 Å². The van der Waals surface area contributed by atoms with Gasteiger partial charge >= 0.3 is 0 Å². The lowest BCUT2D eigenvalue weighted by molar-refractivity contribution is -0.121. The van der Waals surface area contributed by atoms with Crippen LogP contribution in [-0.2, 0) is 11.3 Å². The standard InChI is InChI=1S/C13H21N3O/c1-2-3-7-14-9-6-13(17)16-11-12-5-4-8-15-10-12/h4-5,8,10,14H,2-3,6-7,9,11H2,1H3,(H,16,17). The number of amides is 1. The van der Waals surface area contributed by atoms with E-state index in [4.69, 9.17) is 0 Å². The second-order valence-corrected chi connectivity index (χ2v) is 3.99. The monoisotopic (exact) mass is 235 g/mol. The van der Waals surface area contributed by atoms with Gasteiger partial charge in [0.2, 0.25) is 5.91 Å². The molecule has 0 aromatic carbocycles. The van der Waals surface area contributed by atoms with Gasteiger partial charge in [0.05, 0.1) is 0 Å². The van der Waals surface area contributed by atoms with Gasteiger partial charge in [0.25, 0.3) is 0 Å². The summed E-state index contributed by atoms with van der Waals surface area (Å²) in [4.78, 5) is 15.5. The molecule has 1 amide bonds. The molecule has 1 aromatic heterocycles. The summed E-state index contributed by atoms with van der Waals surface area (Å²) in [7, 11) is 0. The Morgan fingerprint density at radius 3 is 3.00 bits per heavy atom. The minimum absolute atomic E-state index is 0.0813. The van der Waals surface area contributed by atoms with E-state index in [9.17, 15) is 4.79 Å². The van der Waals surface area contributed by atoms with Crippen LogP contribution in [-0.4, -0.2) is 24.0 Å². The highest BCUT2D eigenvalue weighted by atomic mass is 16.1. The van der Waals surface area contributed by atoms with E-state index in [-0.39, 0.29) is 5.91 Å². The van der Waals surface area contributed by atoms with Crippen molar-refractivity contribution in [3.05, 3.63) is 30.1 Å². The lowest BCUT2D eigenvalue weighted by atomic mass is 10.3. The Morgan fingerprint density at radius 1 is 1.41 bits per heavy atom. The lowest BCUT2D eigenvalue weighted by Crippen LogP contribution is -2.27. The Balaban J connectivity index is 2.05. The van der Waals surface area contributed by atoms with Crippen LogP contribution in [0.25, 0.3) is 0 Å². The second kappa shape index (κ2) is 8.70. The molecule has 0 aliphatic heterocycles. The predicted octanol–water partition coefficient (Wildman–Crippen LogP) is 1.48. The van der Waals surface area contributed by atoms with Crippen molar-refractivity contribution < 1.29 is 4.79 Å². The van der Waals surface area contributed by atoms with Crippen LogP contribution in [0.4, 0.5) is 0 Å². The number of hydrogen-bond acceptors (Lipinski definition) is 3. The van der Waals surface area contributed by atoms with Crippen molar-refractivity contribution >= 4 is 5.91 Å². The number of hydrogen-bond donors (Lipinski definition) is 2. The Bertz CT molecular complexity index is 314. The smallest absolute Gasteiger partial charge is 0.221 e. The summed E-state index contributed by atoms with van der Waals surface area (Å²) in [6.45, 7) is 4.45. The number of carbonyl (C=O) groups excluding carboxylic acids is 1. The predicted molar refractivity (Wildman–Crippen MR) is 68.5 cm³/mol. The number of carbonyl (C=O) groups is 1. The van der Waals surface area contributed by atoms with Gasteiger partial charge in [-0.25, -0.2) is 0 Å². The van der Waals surface area contributed by atoms with E-state index in [0.29, 0.717) is 13.0 Å². The quantitative estimate of drug-likeness (QED) is 0.671. The van der Waals surface area contributed by atoms with Crippen molar-refractivity contribution in [2.45, 2.75) is 32.7 Å². The van der Waals surface area contributed by atoms with Gasteiger partial charge in [0, 0.05) is 31.9 Å². The molecule has 0 saturated carbocycles. The summed E-state index contributed by atoms with van der Waals surface area (Å²) in [5.41, 5.74) is 1.03. The van der Waals surface area contributed by atoms with Gasteiger partial charge in [-0.2, -0.15) is 0 Å². The van der Waals surface area contributed by atoms with Crippen molar-refractivity contribution in [1.82, 2.24) is 15.6 Å². The first-order valence-electron chi connectivity index (χ1n) is 6.19. The Morgan fingerprint density at radius 2 is 2.29 bits per heavy atom. The van der Waals surface area contributed by atoms with Gasteiger partial charge in [-0.1, -0.05) is 19.4 Å². The second-order valence-electron chi connectivity index (χ2n) is 3.99. The molecule has 1 rings (SSSR count). The molecule has 0 saturated heterocycles. The summed E-state index contributed by atoms with van der Waals surface area (Å²) >= 11 is 0. The largest absolute Gasteiger partial charge is 0.352 e. The minimum Gasteiger partial charge on any atom is -0.352 e. The number of unbranched alkanes of at least 4 members (excludes halogenated alkanes) is 1. The molecule has 0 unspecified atom stereocenters. The highest BCUT2D eigenvalue weighted by molar-refractivity contribution is 5.76. The SMILES string of the molecule is CCCCNCCC(=O)NCc1cccnc1. The van der Waals surface area contributed by atoms with E-state index in [1.165, 1.54) is 6.42 Å². The molecule has 0 aliphatic rings. The number of aromatic nitrogens is 1. The molecule has 0 spiro atoms. The molecular weight excluding hydrogens is 214 g/mol. The maximum absolute atomic E-state index is 11.5. The van der Waals surface area contributed by atoms with Gasteiger partial charge in [-0.15, -0.1) is 0 Å². The zero-order chi connectivity index (χ0) is 12.3. The van der Waals surface area contributed by atoms with Crippen molar-refractivity contribution in [3.8, 4) is 0 Å². The third-order valence-electron chi connectivity index (χ3n) is 2.45. The Hall–Kier alpha value is -1.42. The van der Waals surface area contributed by atoms with Crippen LogP contribution in [0.3, 0.4) is 0 Å². The van der Waals surface area contributed by atoms with Crippen LogP contribution < -0.4 is 10.6 Å². The van der Waals surface area contributed by atoms with Crippen molar-refractivity contribution in [2.24, 2.45) is 0 Å². The number of rotatable bonds is 8. The third kappa shape index (κ3) is 6.68. The van der Waals surface area contributed by atoms with E-state index in [1.807, 2.05) is 12.1 Å². The molecule has 0 atom stereocenters. The fourth-order valence-corrected chi connectivity index (χ4v) is 1.42. The van der Waals surface area contributed by atoms with Gasteiger partial charge in [0.15, 0.2) is 0 Å². The lowest BCUT2D eigenvalue weighted by Gasteiger charge is -2.06. The number of nitrogens with zero attached hydrogens (tertiary/aromatic N) is 1. The first-order chi connectivity index (χ1) is 8.33. The third-order valence-corrected chi connectivity index (χ3v) is 2.45. The summed E-state index contributed by atoms with van der Waals surface area (Å²) in [6, 6.07) is 3.82. The van der Waals surface area contributed by atoms with Gasteiger partial charge in [-0.3, -0.25) is 9.78 Å². The Kier molecular flexibility index (Phi) is 6.98. The van der Waals surface area contributed by atoms with Gasteiger partial charge in [0.1, 0.15) is 0 Å². The van der Waals surface area contributed by atoms with E-state index in [2.05, 4.69) is 22.5 Å². The maximum atomic E-state index is 11.5. The van der Waals surface area contributed by atoms with Crippen molar-refractivity contribution in [2.75, 3.05) is 13.1 Å². The molecule has 4 heteroatoms. The molecule has 0 bridgehead atoms. The highest BCUT2D eigenvalue weighted by Gasteiger charge is 2.00. The molecule has 94 valence electrons. The molecule has 0 aliphatic carbocycles. The molecule has 0 fully saturated rings. The first-order valence-corrected chi connectivity index (χ1v) is 6.19. The topological polar surface area (TPSA) is 54.0 Å². The van der Waals surface area contributed by atoms with Crippen molar-refractivity contribution in [1.29, 1.82) is 0 Å².